The molecule has 7 nitrogen and oxygen atoms in total. The fourth-order valence-electron chi connectivity index (χ4n) is 3.33. The Bertz CT molecular complexity index is 1150. The number of rotatable bonds is 4. The van der Waals surface area contributed by atoms with Gasteiger partial charge in [-0.2, -0.15) is 4.55 Å². The lowest BCUT2D eigenvalue weighted by molar-refractivity contribution is 0.487. The molecule has 1 atom stereocenters. The van der Waals surface area contributed by atoms with E-state index < -0.39 is 11.2 Å². The summed E-state index contributed by atoms with van der Waals surface area (Å²) in [5, 5.41) is 1.18. The molecule has 0 amide bonds. The summed E-state index contributed by atoms with van der Waals surface area (Å²) in [6.45, 7) is 0. The van der Waals surface area contributed by atoms with Crippen LogP contribution in [0.5, 0.6) is 0 Å². The summed E-state index contributed by atoms with van der Waals surface area (Å²) in [6, 6.07) is 1.98. The molecule has 0 saturated heterocycles. The number of aromatic nitrogens is 5. The monoisotopic (exact) mass is 411 g/mol. The number of thiophene rings is 1. The summed E-state index contributed by atoms with van der Waals surface area (Å²) in [5.74, 6) is 0. The number of nitrogens with two attached hydrogens (primary N) is 1. The Labute approximate surface area is 168 Å². The Balaban J connectivity index is 1.74. The van der Waals surface area contributed by atoms with E-state index in [1.807, 2.05) is 23.9 Å². The standard InChI is InChI=1S/C19H19N6OS2/c1-25-8-15(23-10-25)13-5-14(11-6-21-9-22-7-11)24-18-16(13)17(20)19(27-18)28(26)12-3-2-4-12/h5-10,12,26H,2-4,20H2,1H3/q+1. The molecule has 1 aliphatic rings. The van der Waals surface area contributed by atoms with Crippen LogP contribution in [0.4, 0.5) is 5.69 Å². The molecule has 0 aromatic carbocycles. The second-order valence-electron chi connectivity index (χ2n) is 6.96. The molecular weight excluding hydrogens is 392 g/mol. The third-order valence-electron chi connectivity index (χ3n) is 5.06. The predicted octanol–water partition coefficient (Wildman–Crippen LogP) is 3.74. The fraction of sp³-hybridized carbons (Fsp3) is 0.263. The van der Waals surface area contributed by atoms with Gasteiger partial charge in [0, 0.05) is 42.2 Å². The van der Waals surface area contributed by atoms with E-state index in [9.17, 15) is 4.55 Å². The Hall–Kier alpha value is -2.49. The number of nitrogen functional groups attached to an aromatic ring is 1. The van der Waals surface area contributed by atoms with Gasteiger partial charge >= 0.3 is 0 Å². The van der Waals surface area contributed by atoms with E-state index in [0.29, 0.717) is 10.9 Å². The number of nitrogens with zero attached hydrogens (tertiary/aromatic N) is 5. The predicted molar refractivity (Wildman–Crippen MR) is 113 cm³/mol. The summed E-state index contributed by atoms with van der Waals surface area (Å²) in [7, 11) is 1.94. The molecule has 142 valence electrons. The lowest BCUT2D eigenvalue weighted by atomic mass is 10.0. The molecule has 9 heteroatoms. The molecule has 4 aromatic heterocycles. The lowest BCUT2D eigenvalue weighted by Gasteiger charge is -2.19. The molecule has 0 radical (unpaired) electrons. The van der Waals surface area contributed by atoms with Crippen molar-refractivity contribution in [1.82, 2.24) is 24.5 Å². The average molecular weight is 412 g/mol. The van der Waals surface area contributed by atoms with Crippen LogP contribution in [0.15, 0.2) is 41.5 Å². The smallest absolute Gasteiger partial charge is 0.269 e. The molecule has 0 spiro atoms. The minimum Gasteiger partial charge on any atom is -0.393 e. The maximum absolute atomic E-state index is 10.9. The third-order valence-corrected chi connectivity index (χ3v) is 8.42. The van der Waals surface area contributed by atoms with Crippen LogP contribution in [0.2, 0.25) is 0 Å². The normalized spacial score (nSPS) is 15.6. The molecule has 1 saturated carbocycles. The largest absolute Gasteiger partial charge is 0.393 e. The Morgan fingerprint density at radius 1 is 1.25 bits per heavy atom. The molecule has 0 bridgehead atoms. The number of pyridine rings is 1. The first-order chi connectivity index (χ1) is 13.6. The number of anilines is 1. The van der Waals surface area contributed by atoms with Crippen LogP contribution < -0.4 is 5.73 Å². The fourth-order valence-corrected chi connectivity index (χ4v) is 6.58. The first kappa shape index (κ1) is 17.6. The van der Waals surface area contributed by atoms with Gasteiger partial charge in [-0.15, -0.1) is 0 Å². The van der Waals surface area contributed by atoms with Crippen molar-refractivity contribution in [3.8, 4) is 22.5 Å². The van der Waals surface area contributed by atoms with Gasteiger partial charge in [0.15, 0.2) is 16.4 Å². The van der Waals surface area contributed by atoms with Gasteiger partial charge in [-0.05, 0) is 25.3 Å². The highest BCUT2D eigenvalue weighted by molar-refractivity contribution is 7.94. The summed E-state index contributed by atoms with van der Waals surface area (Å²) < 4.78 is 13.6. The molecule has 5 rings (SSSR count). The third kappa shape index (κ3) is 2.86. The number of imidazole rings is 1. The number of hydrogen-bond acceptors (Lipinski definition) is 7. The van der Waals surface area contributed by atoms with E-state index in [0.717, 1.165) is 49.8 Å². The van der Waals surface area contributed by atoms with Crippen LogP contribution in [0, 0.1) is 0 Å². The molecule has 1 fully saturated rings. The quantitative estimate of drug-likeness (QED) is 0.496. The van der Waals surface area contributed by atoms with E-state index >= 15 is 0 Å². The Morgan fingerprint density at radius 3 is 2.68 bits per heavy atom. The highest BCUT2D eigenvalue weighted by atomic mass is 32.2. The van der Waals surface area contributed by atoms with Crippen LogP contribution in [0.3, 0.4) is 0 Å². The number of aryl methyl sites for hydroxylation is 1. The molecule has 28 heavy (non-hydrogen) atoms. The van der Waals surface area contributed by atoms with E-state index in [1.54, 1.807) is 18.7 Å². The molecule has 4 heterocycles. The summed E-state index contributed by atoms with van der Waals surface area (Å²) >= 11 is 0.642. The minimum atomic E-state index is -0.843. The van der Waals surface area contributed by atoms with Crippen molar-refractivity contribution >= 4 is 38.4 Å². The second kappa shape index (κ2) is 6.84. The Kier molecular flexibility index (Phi) is 4.30. The van der Waals surface area contributed by atoms with Gasteiger partial charge in [-0.1, -0.05) is 11.3 Å². The molecule has 0 aliphatic heterocycles. The maximum Gasteiger partial charge on any atom is 0.269 e. The van der Waals surface area contributed by atoms with Crippen molar-refractivity contribution in [1.29, 1.82) is 0 Å². The topological polar surface area (TPSA) is 103 Å². The van der Waals surface area contributed by atoms with Crippen LogP contribution in [-0.4, -0.2) is 34.3 Å². The first-order valence-electron chi connectivity index (χ1n) is 9.00. The molecule has 3 N–H and O–H groups in total. The highest BCUT2D eigenvalue weighted by Crippen LogP contribution is 2.45. The van der Waals surface area contributed by atoms with Crippen molar-refractivity contribution in [3.63, 3.8) is 0 Å². The lowest BCUT2D eigenvalue weighted by Crippen LogP contribution is -2.28. The van der Waals surface area contributed by atoms with Gasteiger partial charge in [0.1, 0.15) is 16.8 Å². The number of fused-ring (bicyclic) bond motifs is 1. The molecule has 4 aromatic rings. The molecule has 1 unspecified atom stereocenters. The van der Waals surface area contributed by atoms with Gasteiger partial charge < -0.3 is 10.3 Å². The SMILES string of the molecule is Cn1cnc(-c2cc(-c3cncnc3)nc3sc([S+](O)C4CCC4)c(N)c23)c1. The van der Waals surface area contributed by atoms with Gasteiger partial charge in [-0.3, -0.25) is 0 Å². The van der Waals surface area contributed by atoms with Crippen molar-refractivity contribution in [2.24, 2.45) is 7.05 Å². The van der Waals surface area contributed by atoms with Crippen LogP contribution in [0.1, 0.15) is 19.3 Å². The van der Waals surface area contributed by atoms with E-state index in [2.05, 4.69) is 15.0 Å². The summed E-state index contributed by atoms with van der Waals surface area (Å²) in [4.78, 5) is 18.4. The van der Waals surface area contributed by atoms with Crippen LogP contribution in [-0.2, 0) is 18.2 Å². The van der Waals surface area contributed by atoms with Crippen molar-refractivity contribution in [2.45, 2.75) is 28.7 Å². The van der Waals surface area contributed by atoms with E-state index in [4.69, 9.17) is 10.7 Å². The second-order valence-corrected chi connectivity index (χ2v) is 9.92. The van der Waals surface area contributed by atoms with Crippen molar-refractivity contribution in [2.75, 3.05) is 5.73 Å². The zero-order valence-corrected chi connectivity index (χ0v) is 16.9. The van der Waals surface area contributed by atoms with Gasteiger partial charge in [0.05, 0.1) is 17.7 Å². The van der Waals surface area contributed by atoms with E-state index in [-0.39, 0.29) is 0 Å². The zero-order chi connectivity index (χ0) is 19.3. The van der Waals surface area contributed by atoms with Crippen molar-refractivity contribution < 1.29 is 4.55 Å². The zero-order valence-electron chi connectivity index (χ0n) is 15.2. The minimum absolute atomic E-state index is 0.315. The van der Waals surface area contributed by atoms with Gasteiger partial charge in [0.25, 0.3) is 4.21 Å². The van der Waals surface area contributed by atoms with Crippen LogP contribution in [0.25, 0.3) is 32.7 Å². The Morgan fingerprint density at radius 2 is 2.04 bits per heavy atom. The van der Waals surface area contributed by atoms with Gasteiger partial charge in [0.2, 0.25) is 0 Å². The number of hydrogen-bond donors (Lipinski definition) is 2. The maximum atomic E-state index is 10.9. The van der Waals surface area contributed by atoms with Crippen LogP contribution >= 0.6 is 11.3 Å². The first-order valence-corrected chi connectivity index (χ1v) is 11.1. The molecule has 1 aliphatic carbocycles. The van der Waals surface area contributed by atoms with Crippen molar-refractivity contribution in [3.05, 3.63) is 37.3 Å². The van der Waals surface area contributed by atoms with E-state index in [1.165, 1.54) is 24.1 Å². The highest BCUT2D eigenvalue weighted by Gasteiger charge is 2.41. The summed E-state index contributed by atoms with van der Waals surface area (Å²) in [6.07, 6.45) is 12.0. The molecular formula is C19H19N6OS2+. The van der Waals surface area contributed by atoms with Gasteiger partial charge in [-0.25, -0.2) is 19.9 Å². The summed E-state index contributed by atoms with van der Waals surface area (Å²) in [5.41, 5.74) is 10.5. The average Bonchev–Trinajstić information content (AvgIpc) is 3.24.